The second-order valence-corrected chi connectivity index (χ2v) is 5.98. The number of allylic oxidation sites excluding steroid dienone is 1. The van der Waals surface area contributed by atoms with Gasteiger partial charge in [-0.05, 0) is 12.1 Å². The molecule has 0 fully saturated rings. The fourth-order valence-electron chi connectivity index (χ4n) is 2.42. The Morgan fingerprint density at radius 1 is 1.34 bits per heavy atom. The molecule has 5 N–H and O–H groups in total. The first kappa shape index (κ1) is 19.7. The van der Waals surface area contributed by atoms with Crippen LogP contribution in [0.1, 0.15) is 24.0 Å². The van der Waals surface area contributed by atoms with E-state index in [1.54, 1.807) is 24.3 Å². The lowest BCUT2D eigenvalue weighted by atomic mass is 10.2. The highest BCUT2D eigenvalue weighted by Gasteiger charge is 2.12. The number of nitrogen functional groups attached to an aromatic ring is 1. The summed E-state index contributed by atoms with van der Waals surface area (Å²) < 4.78 is 18.7. The number of aromatic nitrogens is 3. The van der Waals surface area contributed by atoms with Crippen LogP contribution >= 0.6 is 0 Å². The van der Waals surface area contributed by atoms with Crippen molar-refractivity contribution in [3.63, 3.8) is 0 Å². The van der Waals surface area contributed by atoms with Crippen molar-refractivity contribution in [2.24, 2.45) is 0 Å². The number of nitrogens with zero attached hydrogens (tertiary/aromatic N) is 3. The van der Waals surface area contributed by atoms with Crippen molar-refractivity contribution < 1.29 is 13.7 Å². The van der Waals surface area contributed by atoms with Crippen LogP contribution in [0, 0.1) is 11.2 Å². The van der Waals surface area contributed by atoms with Gasteiger partial charge in [0.25, 0.3) is 0 Å². The summed E-state index contributed by atoms with van der Waals surface area (Å²) in [6.07, 6.45) is 4.14. The molecule has 2 aromatic heterocycles. The first-order chi connectivity index (χ1) is 13.9. The van der Waals surface area contributed by atoms with Crippen LogP contribution in [-0.4, -0.2) is 26.7 Å². The SMILES string of the molecule is CC(=O)Nc1cnc(C(=N)/C=C(\NCc2ccccc2F)c2ccon2)nc1N. The highest BCUT2D eigenvalue weighted by molar-refractivity contribution is 6.08. The van der Waals surface area contributed by atoms with Gasteiger partial charge in [0, 0.05) is 25.1 Å². The van der Waals surface area contributed by atoms with Crippen molar-refractivity contribution in [2.75, 3.05) is 11.1 Å². The van der Waals surface area contributed by atoms with Crippen molar-refractivity contribution in [1.29, 1.82) is 5.41 Å². The molecule has 0 aliphatic rings. The number of hydrogen-bond acceptors (Lipinski definition) is 8. The molecule has 0 saturated heterocycles. The van der Waals surface area contributed by atoms with E-state index in [1.807, 2.05) is 0 Å². The first-order valence-electron chi connectivity index (χ1n) is 8.53. The smallest absolute Gasteiger partial charge is 0.221 e. The normalized spacial score (nSPS) is 11.2. The summed E-state index contributed by atoms with van der Waals surface area (Å²) in [5.74, 6) is -0.580. The summed E-state index contributed by atoms with van der Waals surface area (Å²) in [7, 11) is 0. The molecular weight excluding hydrogens is 377 g/mol. The molecule has 0 spiro atoms. The van der Waals surface area contributed by atoms with E-state index in [0.29, 0.717) is 17.0 Å². The molecule has 10 heteroatoms. The van der Waals surface area contributed by atoms with Gasteiger partial charge in [0.05, 0.1) is 11.9 Å². The number of hydrogen-bond donors (Lipinski definition) is 4. The van der Waals surface area contributed by atoms with Gasteiger partial charge in [-0.3, -0.25) is 10.2 Å². The van der Waals surface area contributed by atoms with Gasteiger partial charge in [0.1, 0.15) is 29.2 Å². The summed E-state index contributed by atoms with van der Waals surface area (Å²) >= 11 is 0. The minimum absolute atomic E-state index is 0.0330. The van der Waals surface area contributed by atoms with E-state index < -0.39 is 0 Å². The molecule has 0 bridgehead atoms. The second kappa shape index (κ2) is 8.74. The zero-order valence-electron chi connectivity index (χ0n) is 15.4. The minimum atomic E-state index is -0.348. The number of benzene rings is 1. The number of rotatable bonds is 7. The van der Waals surface area contributed by atoms with Crippen LogP contribution in [0.15, 0.2) is 53.4 Å². The Morgan fingerprint density at radius 3 is 2.79 bits per heavy atom. The lowest BCUT2D eigenvalue weighted by Gasteiger charge is -2.10. The average Bonchev–Trinajstić information content (AvgIpc) is 3.22. The fraction of sp³-hybridized carbons (Fsp3) is 0.105. The predicted octanol–water partition coefficient (Wildman–Crippen LogP) is 2.34. The van der Waals surface area contributed by atoms with Gasteiger partial charge >= 0.3 is 0 Å². The van der Waals surface area contributed by atoms with E-state index >= 15 is 0 Å². The third-order valence-electron chi connectivity index (χ3n) is 3.80. The van der Waals surface area contributed by atoms with E-state index in [1.165, 1.54) is 31.5 Å². The fourth-order valence-corrected chi connectivity index (χ4v) is 2.42. The third kappa shape index (κ3) is 5.01. The number of halogens is 1. The summed E-state index contributed by atoms with van der Waals surface area (Å²) in [5.41, 5.74) is 7.30. The predicted molar refractivity (Wildman–Crippen MR) is 105 cm³/mol. The van der Waals surface area contributed by atoms with Crippen LogP contribution in [-0.2, 0) is 11.3 Å². The van der Waals surface area contributed by atoms with Crippen molar-refractivity contribution in [1.82, 2.24) is 20.4 Å². The third-order valence-corrected chi connectivity index (χ3v) is 3.80. The summed E-state index contributed by atoms with van der Waals surface area (Å²) in [4.78, 5) is 19.2. The molecule has 148 valence electrons. The molecule has 0 aliphatic heterocycles. The van der Waals surface area contributed by atoms with Gasteiger partial charge in [-0.1, -0.05) is 23.4 Å². The van der Waals surface area contributed by atoms with Crippen molar-refractivity contribution in [2.45, 2.75) is 13.5 Å². The maximum Gasteiger partial charge on any atom is 0.221 e. The second-order valence-electron chi connectivity index (χ2n) is 5.98. The summed E-state index contributed by atoms with van der Waals surface area (Å²) in [5, 5.41) is 17.7. The Kier molecular flexibility index (Phi) is 5.93. The topological polar surface area (TPSA) is 143 Å². The van der Waals surface area contributed by atoms with E-state index in [-0.39, 0.29) is 41.3 Å². The van der Waals surface area contributed by atoms with Crippen molar-refractivity contribution in [3.8, 4) is 0 Å². The zero-order valence-corrected chi connectivity index (χ0v) is 15.4. The van der Waals surface area contributed by atoms with Crippen molar-refractivity contribution in [3.05, 3.63) is 71.8 Å². The van der Waals surface area contributed by atoms with Gasteiger partial charge < -0.3 is 20.9 Å². The Balaban J connectivity index is 1.84. The molecule has 0 aliphatic carbocycles. The number of amides is 1. The van der Waals surface area contributed by atoms with Gasteiger partial charge in [0.2, 0.25) is 5.91 Å². The number of anilines is 2. The number of nitrogens with two attached hydrogens (primary N) is 1. The molecule has 3 aromatic rings. The number of nitrogens with one attached hydrogen (secondary N) is 3. The lowest BCUT2D eigenvalue weighted by Crippen LogP contribution is -2.16. The largest absolute Gasteiger partial charge is 0.382 e. The molecule has 2 heterocycles. The Hall–Kier alpha value is -4.08. The molecular formula is C19H18FN7O2. The van der Waals surface area contributed by atoms with Gasteiger partial charge in [0.15, 0.2) is 11.6 Å². The molecule has 9 nitrogen and oxygen atoms in total. The molecule has 3 rings (SSSR count). The molecule has 1 aromatic carbocycles. The van der Waals surface area contributed by atoms with Gasteiger partial charge in [-0.2, -0.15) is 0 Å². The monoisotopic (exact) mass is 395 g/mol. The lowest BCUT2D eigenvalue weighted by molar-refractivity contribution is -0.114. The van der Waals surface area contributed by atoms with E-state index in [2.05, 4.69) is 25.8 Å². The highest BCUT2D eigenvalue weighted by atomic mass is 19.1. The number of carbonyl (C=O) groups is 1. The highest BCUT2D eigenvalue weighted by Crippen LogP contribution is 2.16. The van der Waals surface area contributed by atoms with E-state index in [4.69, 9.17) is 15.7 Å². The van der Waals surface area contributed by atoms with Crippen LogP contribution in [0.4, 0.5) is 15.9 Å². The molecule has 0 atom stereocenters. The van der Waals surface area contributed by atoms with Gasteiger partial charge in [-0.15, -0.1) is 0 Å². The zero-order chi connectivity index (χ0) is 20.8. The van der Waals surface area contributed by atoms with E-state index in [0.717, 1.165) is 0 Å². The van der Waals surface area contributed by atoms with Crippen LogP contribution in [0.2, 0.25) is 0 Å². The molecule has 1 amide bonds. The minimum Gasteiger partial charge on any atom is -0.382 e. The standard InChI is InChI=1S/C19H18FN7O2/c1-11(28)25-17-10-24-19(26-18(17)22)14(21)8-16(15-6-7-29-27-15)23-9-12-4-2-3-5-13(12)20/h2-8,10,21,23H,9H2,1H3,(H,25,28)(H2,22,24,26)/b16-8-,21-14?. The Labute approximate surface area is 165 Å². The molecule has 0 radical (unpaired) electrons. The van der Waals surface area contributed by atoms with Crippen LogP contribution < -0.4 is 16.4 Å². The summed E-state index contributed by atoms with van der Waals surface area (Å²) in [6, 6.07) is 7.96. The Morgan fingerprint density at radius 2 is 2.14 bits per heavy atom. The Bertz CT molecular complexity index is 1060. The quantitative estimate of drug-likeness (QED) is 0.450. The van der Waals surface area contributed by atoms with Gasteiger partial charge in [-0.25, -0.2) is 14.4 Å². The number of carbonyl (C=O) groups excluding carboxylic acids is 1. The van der Waals surface area contributed by atoms with Crippen LogP contribution in [0.3, 0.4) is 0 Å². The van der Waals surface area contributed by atoms with Crippen LogP contribution in [0.25, 0.3) is 5.70 Å². The molecule has 0 unspecified atom stereocenters. The average molecular weight is 395 g/mol. The molecule has 0 saturated carbocycles. The maximum atomic E-state index is 13.9. The molecule has 29 heavy (non-hydrogen) atoms. The van der Waals surface area contributed by atoms with Crippen LogP contribution in [0.5, 0.6) is 0 Å². The van der Waals surface area contributed by atoms with Crippen molar-refractivity contribution >= 4 is 28.8 Å². The maximum absolute atomic E-state index is 13.9. The van der Waals surface area contributed by atoms with E-state index in [9.17, 15) is 9.18 Å². The first-order valence-corrected chi connectivity index (χ1v) is 8.53. The summed E-state index contributed by atoms with van der Waals surface area (Å²) in [6.45, 7) is 1.51.